The summed E-state index contributed by atoms with van der Waals surface area (Å²) in [5, 5.41) is 1.13. The number of anilines is 1. The summed E-state index contributed by atoms with van der Waals surface area (Å²) in [7, 11) is 0. The molecule has 13 heteroatoms. The summed E-state index contributed by atoms with van der Waals surface area (Å²) >= 11 is -2.78. The third-order valence-electron chi connectivity index (χ3n) is 5.01. The van der Waals surface area contributed by atoms with E-state index in [1.165, 1.54) is 24.0 Å². The van der Waals surface area contributed by atoms with Gasteiger partial charge in [-0.1, -0.05) is 0 Å². The number of pyridine rings is 1. The molecule has 1 aromatic heterocycles. The number of amides is 2. The molecule has 2 amide bonds. The van der Waals surface area contributed by atoms with Gasteiger partial charge in [-0.05, 0) is 41.4 Å². The van der Waals surface area contributed by atoms with Gasteiger partial charge >= 0.3 is 0 Å². The number of rotatable bonds is 5. The molecule has 1 fully saturated rings. The van der Waals surface area contributed by atoms with E-state index in [0.29, 0.717) is 0 Å². The fraction of sp³-hybridized carbons (Fsp3) is 0.263. The zero-order chi connectivity index (χ0) is 23.6. The first-order valence-electron chi connectivity index (χ1n) is 9.21. The van der Waals surface area contributed by atoms with Crippen molar-refractivity contribution in [1.29, 1.82) is 0 Å². The highest BCUT2D eigenvalue weighted by molar-refractivity contribution is 7.80. The second kappa shape index (κ2) is 8.96. The van der Waals surface area contributed by atoms with Gasteiger partial charge in [0.25, 0.3) is 5.91 Å². The summed E-state index contributed by atoms with van der Waals surface area (Å²) in [5.74, 6) is -3.12. The first-order valence-corrected chi connectivity index (χ1v) is 10.3. The molecule has 1 aliphatic rings. The molecule has 0 aliphatic carbocycles. The highest BCUT2D eigenvalue weighted by Crippen LogP contribution is 2.41. The summed E-state index contributed by atoms with van der Waals surface area (Å²) in [5.41, 5.74) is 8.97. The Morgan fingerprint density at radius 2 is 2.03 bits per heavy atom. The third-order valence-corrected chi connectivity index (χ3v) is 6.01. The minimum atomic E-state index is -2.78. The molecule has 3 unspecified atom stereocenters. The van der Waals surface area contributed by atoms with Crippen LogP contribution in [0.3, 0.4) is 0 Å². The van der Waals surface area contributed by atoms with E-state index in [1.54, 1.807) is 0 Å². The van der Waals surface area contributed by atoms with Crippen LogP contribution >= 0.6 is 0 Å². The number of halogens is 2. The molecule has 32 heavy (non-hydrogen) atoms. The summed E-state index contributed by atoms with van der Waals surface area (Å²) in [4.78, 5) is 33.2. The van der Waals surface area contributed by atoms with Crippen LogP contribution in [0.15, 0.2) is 41.5 Å². The first kappa shape index (κ1) is 23.2. The average Bonchev–Trinajstić information content (AvgIpc) is 3.10. The minimum Gasteiger partial charge on any atom is -0.772 e. The molecule has 0 spiro atoms. The Labute approximate surface area is 184 Å². The molecule has 0 saturated carbocycles. The van der Waals surface area contributed by atoms with Crippen LogP contribution in [0.25, 0.3) is 0 Å². The number of hydrogen-bond donors (Lipinski definition) is 3. The van der Waals surface area contributed by atoms with Crippen molar-refractivity contribution >= 4 is 34.5 Å². The van der Waals surface area contributed by atoms with Gasteiger partial charge in [0.2, 0.25) is 5.91 Å². The smallest absolute Gasteiger partial charge is 0.274 e. The fourth-order valence-corrected chi connectivity index (χ4v) is 4.44. The quantitative estimate of drug-likeness (QED) is 0.322. The second-order valence-corrected chi connectivity index (χ2v) is 8.21. The molecule has 5 N–H and O–H groups in total. The number of nitrogens with zero attached hydrogens (tertiary/aromatic N) is 3. The number of benzene rings is 1. The monoisotopic (exact) mass is 465 g/mol. The Hall–Kier alpha value is -3.45. The number of likely N-dealkylation sites (tertiary alicyclic amines) is 1. The van der Waals surface area contributed by atoms with Gasteiger partial charge in [-0.2, -0.15) is 0 Å². The standard InChI is InChI=1S/C19H20F2N6O4S/c1-10(28)27-8-16(32(30)31)19(9-27,26-18(22)23)13-6-12(3-4-14(13)21)25-17(29)15-5-2-11(20)7-24-15/h2-7,16H,8-9H2,1H3,(H,25,29)(H,30,31)(H4,22,23,26)/p-1. The minimum absolute atomic E-state index is 0.0828. The lowest BCUT2D eigenvalue weighted by molar-refractivity contribution is -0.128. The number of aliphatic imine (C=N–C) groups is 1. The van der Waals surface area contributed by atoms with Gasteiger partial charge in [-0.15, -0.1) is 0 Å². The van der Waals surface area contributed by atoms with Crippen LogP contribution < -0.4 is 16.8 Å². The highest BCUT2D eigenvalue weighted by Gasteiger charge is 2.51. The Morgan fingerprint density at radius 3 is 2.59 bits per heavy atom. The van der Waals surface area contributed by atoms with E-state index in [1.807, 2.05) is 0 Å². The van der Waals surface area contributed by atoms with Crippen LogP contribution in [0.2, 0.25) is 0 Å². The number of nitrogens with two attached hydrogens (primary N) is 2. The maximum atomic E-state index is 15.0. The van der Waals surface area contributed by atoms with E-state index in [9.17, 15) is 27.1 Å². The van der Waals surface area contributed by atoms with E-state index < -0.39 is 51.3 Å². The van der Waals surface area contributed by atoms with E-state index in [2.05, 4.69) is 15.3 Å². The number of nitrogens with one attached hydrogen (secondary N) is 1. The van der Waals surface area contributed by atoms with Crippen molar-refractivity contribution in [3.8, 4) is 0 Å². The van der Waals surface area contributed by atoms with Crippen LogP contribution in [0.4, 0.5) is 14.5 Å². The predicted molar refractivity (Wildman–Crippen MR) is 111 cm³/mol. The van der Waals surface area contributed by atoms with Gasteiger partial charge in [0.15, 0.2) is 5.96 Å². The van der Waals surface area contributed by atoms with Gasteiger partial charge in [-0.25, -0.2) is 18.8 Å². The van der Waals surface area contributed by atoms with Gasteiger partial charge in [0, 0.05) is 24.7 Å². The van der Waals surface area contributed by atoms with Crippen molar-refractivity contribution in [2.24, 2.45) is 16.5 Å². The lowest BCUT2D eigenvalue weighted by Crippen LogP contribution is -2.43. The van der Waals surface area contributed by atoms with Crippen molar-refractivity contribution in [3.63, 3.8) is 0 Å². The lowest BCUT2D eigenvalue weighted by Gasteiger charge is -2.33. The molecule has 170 valence electrons. The number of guanidine groups is 1. The van der Waals surface area contributed by atoms with E-state index >= 15 is 0 Å². The maximum absolute atomic E-state index is 15.0. The number of aromatic nitrogens is 1. The van der Waals surface area contributed by atoms with Crippen molar-refractivity contribution in [2.75, 3.05) is 18.4 Å². The van der Waals surface area contributed by atoms with Crippen molar-refractivity contribution in [1.82, 2.24) is 9.88 Å². The normalized spacial score (nSPS) is 21.1. The van der Waals surface area contributed by atoms with Crippen molar-refractivity contribution in [3.05, 3.63) is 59.4 Å². The molecule has 0 bridgehead atoms. The van der Waals surface area contributed by atoms with Crippen molar-refractivity contribution in [2.45, 2.75) is 17.7 Å². The molecule has 1 aromatic carbocycles. The number of hydrogen-bond acceptors (Lipinski definition) is 6. The summed E-state index contributed by atoms with van der Waals surface area (Å²) in [6, 6.07) is 5.65. The van der Waals surface area contributed by atoms with Gasteiger partial charge in [0.1, 0.15) is 22.9 Å². The van der Waals surface area contributed by atoms with Crippen LogP contribution in [-0.4, -0.2) is 54.8 Å². The van der Waals surface area contributed by atoms with E-state index in [0.717, 1.165) is 24.4 Å². The molecular weight excluding hydrogens is 446 g/mol. The first-order chi connectivity index (χ1) is 15.0. The van der Waals surface area contributed by atoms with Crippen LogP contribution in [0, 0.1) is 11.6 Å². The molecule has 1 saturated heterocycles. The molecule has 0 radical (unpaired) electrons. The van der Waals surface area contributed by atoms with Crippen molar-refractivity contribution < 1.29 is 27.1 Å². The predicted octanol–water partition coefficient (Wildman–Crippen LogP) is 0.191. The van der Waals surface area contributed by atoms with Crippen LogP contribution in [0.5, 0.6) is 0 Å². The second-order valence-electron chi connectivity index (χ2n) is 7.12. The topological polar surface area (TPSA) is 167 Å². The SMILES string of the molecule is CC(=O)N1CC(S(=O)[O-])C(N=C(N)N)(c2cc(NC(=O)c3ccc(F)cn3)ccc2F)C1. The number of carbonyl (C=O) groups is 2. The number of carbonyl (C=O) groups excluding carboxylic acids is 2. The molecule has 10 nitrogen and oxygen atoms in total. The van der Waals surface area contributed by atoms with E-state index in [-0.39, 0.29) is 30.0 Å². The van der Waals surface area contributed by atoms with Gasteiger partial charge < -0.3 is 26.2 Å². The Kier molecular flexibility index (Phi) is 6.50. The van der Waals surface area contributed by atoms with Crippen LogP contribution in [0.1, 0.15) is 23.0 Å². The molecule has 3 rings (SSSR count). The lowest BCUT2D eigenvalue weighted by atomic mass is 9.88. The maximum Gasteiger partial charge on any atom is 0.274 e. The fourth-order valence-electron chi connectivity index (χ4n) is 3.57. The molecular formula is C19H19F2N6O4S-. The molecule has 2 aromatic rings. The van der Waals surface area contributed by atoms with Gasteiger partial charge in [0.05, 0.1) is 18.0 Å². The highest BCUT2D eigenvalue weighted by atomic mass is 32.2. The largest absolute Gasteiger partial charge is 0.772 e. The summed E-state index contributed by atoms with van der Waals surface area (Å²) in [6.45, 7) is 0.684. The van der Waals surface area contributed by atoms with Crippen LogP contribution in [-0.2, 0) is 21.4 Å². The zero-order valence-electron chi connectivity index (χ0n) is 16.7. The van der Waals surface area contributed by atoms with Gasteiger partial charge in [-0.3, -0.25) is 13.8 Å². The Bertz CT molecular complexity index is 1110. The summed E-state index contributed by atoms with van der Waals surface area (Å²) < 4.78 is 52.0. The van der Waals surface area contributed by atoms with E-state index in [4.69, 9.17) is 11.5 Å². The average molecular weight is 465 g/mol. The third kappa shape index (κ3) is 4.57. The molecule has 2 heterocycles. The Balaban J connectivity index is 2.07. The summed E-state index contributed by atoms with van der Waals surface area (Å²) in [6.07, 6.45) is 0.863. The zero-order valence-corrected chi connectivity index (χ0v) is 17.6. The molecule has 1 aliphatic heterocycles. The molecule has 3 atom stereocenters. The Morgan fingerprint density at radius 1 is 1.31 bits per heavy atom.